The summed E-state index contributed by atoms with van der Waals surface area (Å²) in [7, 11) is -3.76. The monoisotopic (exact) mass is 273 g/mol. The number of hydrogen-bond acceptors (Lipinski definition) is 6. The lowest BCUT2D eigenvalue weighted by Gasteiger charge is -2.10. The Morgan fingerprint density at radius 2 is 2.11 bits per heavy atom. The quantitative estimate of drug-likeness (QED) is 0.465. The highest BCUT2D eigenvalue weighted by molar-refractivity contribution is 7.92. The minimum Gasteiger partial charge on any atom is -0.395 e. The predicted molar refractivity (Wildman–Crippen MR) is 63.1 cm³/mol. The zero-order chi connectivity index (χ0) is 13.9. The first kappa shape index (κ1) is 14.3. The highest BCUT2D eigenvalue weighted by Gasteiger charge is 2.29. The third-order valence-corrected chi connectivity index (χ3v) is 3.71. The second kappa shape index (κ2) is 5.23. The van der Waals surface area contributed by atoms with Gasteiger partial charge in [-0.2, -0.15) is 0 Å². The molecule has 1 N–H and O–H groups in total. The first-order chi connectivity index (χ1) is 8.27. The topological polar surface area (TPSA) is 115 Å². The molecule has 1 unspecified atom stereocenters. The SMILES string of the molecule is CS(=O)(=O)C(CO)C(=O)c1cccc([N+](=O)[O-])c1. The third kappa shape index (κ3) is 3.11. The molecule has 0 saturated carbocycles. The molecule has 0 amide bonds. The summed E-state index contributed by atoms with van der Waals surface area (Å²) in [5, 5.41) is 17.9. The molecular weight excluding hydrogens is 262 g/mol. The van der Waals surface area contributed by atoms with Crippen molar-refractivity contribution in [1.29, 1.82) is 0 Å². The van der Waals surface area contributed by atoms with Crippen LogP contribution in [0.25, 0.3) is 0 Å². The molecule has 1 rings (SSSR count). The lowest BCUT2D eigenvalue weighted by atomic mass is 10.1. The van der Waals surface area contributed by atoms with E-state index in [1.807, 2.05) is 0 Å². The van der Waals surface area contributed by atoms with Gasteiger partial charge in [0.25, 0.3) is 5.69 Å². The average Bonchev–Trinajstić information content (AvgIpc) is 2.28. The van der Waals surface area contributed by atoms with Crippen molar-refractivity contribution in [1.82, 2.24) is 0 Å². The number of nitro benzene ring substituents is 1. The third-order valence-electron chi connectivity index (χ3n) is 2.32. The van der Waals surface area contributed by atoms with Gasteiger partial charge in [0, 0.05) is 24.0 Å². The summed E-state index contributed by atoms with van der Waals surface area (Å²) >= 11 is 0. The van der Waals surface area contributed by atoms with Crippen molar-refractivity contribution in [3.05, 3.63) is 39.9 Å². The predicted octanol–water partition coefficient (Wildman–Crippen LogP) is 0.183. The molecule has 0 heterocycles. The van der Waals surface area contributed by atoms with E-state index in [9.17, 15) is 23.3 Å². The van der Waals surface area contributed by atoms with E-state index < -0.39 is 32.4 Å². The highest BCUT2D eigenvalue weighted by atomic mass is 32.2. The molecule has 1 aromatic carbocycles. The van der Waals surface area contributed by atoms with Gasteiger partial charge in [-0.25, -0.2) is 8.42 Å². The van der Waals surface area contributed by atoms with Crippen LogP contribution in [0, 0.1) is 10.1 Å². The van der Waals surface area contributed by atoms with Crippen LogP contribution in [0.3, 0.4) is 0 Å². The Hall–Kier alpha value is -1.80. The van der Waals surface area contributed by atoms with Gasteiger partial charge in [0.05, 0.1) is 11.5 Å². The molecule has 7 nitrogen and oxygen atoms in total. The number of non-ortho nitro benzene ring substituents is 1. The molecule has 0 bridgehead atoms. The molecule has 0 aliphatic rings. The maximum absolute atomic E-state index is 11.8. The zero-order valence-electron chi connectivity index (χ0n) is 9.44. The maximum atomic E-state index is 11.8. The minimum atomic E-state index is -3.76. The summed E-state index contributed by atoms with van der Waals surface area (Å²) in [5.41, 5.74) is -0.431. The normalized spacial score (nSPS) is 13.0. The van der Waals surface area contributed by atoms with Crippen molar-refractivity contribution in [2.75, 3.05) is 12.9 Å². The molecule has 98 valence electrons. The van der Waals surface area contributed by atoms with E-state index in [4.69, 9.17) is 5.11 Å². The Morgan fingerprint density at radius 1 is 1.50 bits per heavy atom. The van der Waals surface area contributed by atoms with E-state index in [1.54, 1.807) is 0 Å². The smallest absolute Gasteiger partial charge is 0.270 e. The van der Waals surface area contributed by atoms with Crippen molar-refractivity contribution >= 4 is 21.3 Å². The average molecular weight is 273 g/mol. The van der Waals surface area contributed by atoms with Crippen LogP contribution in [0.5, 0.6) is 0 Å². The van der Waals surface area contributed by atoms with Crippen molar-refractivity contribution < 1.29 is 23.2 Å². The molecule has 0 spiro atoms. The van der Waals surface area contributed by atoms with E-state index in [1.165, 1.54) is 18.2 Å². The number of sulfone groups is 1. The largest absolute Gasteiger partial charge is 0.395 e. The van der Waals surface area contributed by atoms with E-state index in [0.717, 1.165) is 12.3 Å². The molecule has 8 heteroatoms. The Morgan fingerprint density at radius 3 is 2.56 bits per heavy atom. The van der Waals surface area contributed by atoms with Crippen molar-refractivity contribution in [2.24, 2.45) is 0 Å². The first-order valence-electron chi connectivity index (χ1n) is 4.85. The Labute approximate surface area is 103 Å². The van der Waals surface area contributed by atoms with Gasteiger partial charge in [-0.3, -0.25) is 14.9 Å². The number of rotatable bonds is 5. The molecule has 0 aromatic heterocycles. The van der Waals surface area contributed by atoms with E-state index in [0.29, 0.717) is 0 Å². The molecule has 0 aliphatic heterocycles. The van der Waals surface area contributed by atoms with Crippen LogP contribution in [0.4, 0.5) is 5.69 Å². The van der Waals surface area contributed by atoms with Gasteiger partial charge in [-0.05, 0) is 0 Å². The lowest BCUT2D eigenvalue weighted by Crippen LogP contribution is -2.33. The number of carbonyl (C=O) groups excluding carboxylic acids is 1. The fourth-order valence-corrected chi connectivity index (χ4v) is 2.17. The van der Waals surface area contributed by atoms with Gasteiger partial charge in [0.15, 0.2) is 15.6 Å². The molecular formula is C10H11NO6S. The van der Waals surface area contributed by atoms with Crippen LogP contribution < -0.4 is 0 Å². The van der Waals surface area contributed by atoms with Gasteiger partial charge in [0.2, 0.25) is 0 Å². The molecule has 18 heavy (non-hydrogen) atoms. The molecule has 1 atom stereocenters. The summed E-state index contributed by atoms with van der Waals surface area (Å²) in [5.74, 6) is -0.858. The summed E-state index contributed by atoms with van der Waals surface area (Å²) in [4.78, 5) is 21.7. The molecule has 0 radical (unpaired) electrons. The van der Waals surface area contributed by atoms with Gasteiger partial charge >= 0.3 is 0 Å². The van der Waals surface area contributed by atoms with Crippen LogP contribution in [-0.2, 0) is 9.84 Å². The first-order valence-corrected chi connectivity index (χ1v) is 6.81. The van der Waals surface area contributed by atoms with Crippen molar-refractivity contribution in [3.63, 3.8) is 0 Å². The van der Waals surface area contributed by atoms with Gasteiger partial charge in [-0.15, -0.1) is 0 Å². The Bertz CT molecular complexity index is 580. The molecule has 0 aliphatic carbocycles. The second-order valence-electron chi connectivity index (χ2n) is 3.67. The second-order valence-corrected chi connectivity index (χ2v) is 5.90. The molecule has 1 aromatic rings. The number of ketones is 1. The number of nitrogens with zero attached hydrogens (tertiary/aromatic N) is 1. The van der Waals surface area contributed by atoms with Crippen LogP contribution in [-0.4, -0.2) is 42.3 Å². The van der Waals surface area contributed by atoms with Crippen LogP contribution in [0.15, 0.2) is 24.3 Å². The van der Waals surface area contributed by atoms with E-state index in [2.05, 4.69) is 0 Å². The number of aliphatic hydroxyl groups is 1. The minimum absolute atomic E-state index is 0.117. The number of aliphatic hydroxyl groups excluding tert-OH is 1. The van der Waals surface area contributed by atoms with Crippen LogP contribution in [0.2, 0.25) is 0 Å². The number of carbonyl (C=O) groups is 1. The fraction of sp³-hybridized carbons (Fsp3) is 0.300. The molecule has 0 fully saturated rings. The maximum Gasteiger partial charge on any atom is 0.270 e. The van der Waals surface area contributed by atoms with Gasteiger partial charge in [-0.1, -0.05) is 12.1 Å². The fourth-order valence-electron chi connectivity index (χ4n) is 1.37. The summed E-state index contributed by atoms with van der Waals surface area (Å²) in [6.45, 7) is -0.861. The van der Waals surface area contributed by atoms with Crippen LogP contribution in [0.1, 0.15) is 10.4 Å². The summed E-state index contributed by atoms with van der Waals surface area (Å²) in [6, 6.07) is 4.71. The zero-order valence-corrected chi connectivity index (χ0v) is 10.3. The number of benzene rings is 1. The molecule has 0 saturated heterocycles. The van der Waals surface area contributed by atoms with Crippen molar-refractivity contribution in [2.45, 2.75) is 5.25 Å². The van der Waals surface area contributed by atoms with Gasteiger partial charge in [0.1, 0.15) is 5.25 Å². The van der Waals surface area contributed by atoms with E-state index >= 15 is 0 Å². The summed E-state index contributed by atoms with van der Waals surface area (Å²) in [6.07, 6.45) is 0.823. The number of Topliss-reactive ketones (excluding diaryl/α,β-unsaturated/α-hetero) is 1. The van der Waals surface area contributed by atoms with Gasteiger partial charge < -0.3 is 5.11 Å². The number of nitro groups is 1. The highest BCUT2D eigenvalue weighted by Crippen LogP contribution is 2.16. The Kier molecular flexibility index (Phi) is 4.15. The number of hydrogen-bond donors (Lipinski definition) is 1. The van der Waals surface area contributed by atoms with E-state index in [-0.39, 0.29) is 11.3 Å². The Balaban J connectivity index is 3.18. The van der Waals surface area contributed by atoms with Crippen LogP contribution >= 0.6 is 0 Å². The standard InChI is InChI=1S/C10H11NO6S/c1-18(16,17)9(6-12)10(13)7-3-2-4-8(5-7)11(14)15/h2-5,9,12H,6H2,1H3. The lowest BCUT2D eigenvalue weighted by molar-refractivity contribution is -0.384. The summed E-state index contributed by atoms with van der Waals surface area (Å²) < 4.78 is 22.6. The van der Waals surface area contributed by atoms with Crippen molar-refractivity contribution in [3.8, 4) is 0 Å².